The SMILES string of the molecule is CCCCCCCCCCCCCCCC(=O)NC(CNC(=O)OC(C)(C)C)C(=O)O. The average molecular weight is 443 g/mol. The van der Waals surface area contributed by atoms with Gasteiger partial charge in [-0.1, -0.05) is 84.0 Å². The van der Waals surface area contributed by atoms with Gasteiger partial charge in [0.05, 0.1) is 6.54 Å². The van der Waals surface area contributed by atoms with Crippen LogP contribution >= 0.6 is 0 Å². The monoisotopic (exact) mass is 442 g/mol. The van der Waals surface area contributed by atoms with Gasteiger partial charge in [0.1, 0.15) is 11.6 Å². The summed E-state index contributed by atoms with van der Waals surface area (Å²) in [5.41, 5.74) is -0.666. The van der Waals surface area contributed by atoms with Crippen molar-refractivity contribution < 1.29 is 24.2 Å². The minimum absolute atomic E-state index is 0.214. The van der Waals surface area contributed by atoms with Gasteiger partial charge in [0.2, 0.25) is 5.91 Å². The highest BCUT2D eigenvalue weighted by molar-refractivity contribution is 5.84. The highest BCUT2D eigenvalue weighted by atomic mass is 16.6. The largest absolute Gasteiger partial charge is 0.480 e. The zero-order valence-corrected chi connectivity index (χ0v) is 20.3. The van der Waals surface area contributed by atoms with E-state index in [0.717, 1.165) is 19.3 Å². The van der Waals surface area contributed by atoms with Crippen molar-refractivity contribution in [2.24, 2.45) is 0 Å². The van der Waals surface area contributed by atoms with Crippen LogP contribution in [0, 0.1) is 0 Å². The van der Waals surface area contributed by atoms with Crippen LogP contribution in [-0.2, 0) is 14.3 Å². The average Bonchev–Trinajstić information content (AvgIpc) is 2.67. The molecule has 0 aromatic carbocycles. The van der Waals surface area contributed by atoms with Crippen molar-refractivity contribution >= 4 is 18.0 Å². The molecule has 7 heteroatoms. The molecule has 2 amide bonds. The minimum Gasteiger partial charge on any atom is -0.480 e. The van der Waals surface area contributed by atoms with Crippen LogP contribution in [-0.4, -0.2) is 41.3 Å². The van der Waals surface area contributed by atoms with Crippen LogP contribution in [0.3, 0.4) is 0 Å². The molecule has 7 nitrogen and oxygen atoms in total. The second kappa shape index (κ2) is 17.8. The maximum atomic E-state index is 12.0. The van der Waals surface area contributed by atoms with Crippen LogP contribution in [0.2, 0.25) is 0 Å². The van der Waals surface area contributed by atoms with E-state index in [1.54, 1.807) is 20.8 Å². The third-order valence-electron chi connectivity index (χ3n) is 4.99. The van der Waals surface area contributed by atoms with Gasteiger partial charge in [-0.25, -0.2) is 9.59 Å². The van der Waals surface area contributed by atoms with Crippen LogP contribution in [0.5, 0.6) is 0 Å². The molecule has 0 bridgehead atoms. The molecule has 0 saturated carbocycles. The number of carbonyl (C=O) groups is 3. The first-order valence-electron chi connectivity index (χ1n) is 12.1. The molecule has 0 radical (unpaired) electrons. The van der Waals surface area contributed by atoms with Crippen molar-refractivity contribution in [3.8, 4) is 0 Å². The number of nitrogens with one attached hydrogen (secondary N) is 2. The van der Waals surface area contributed by atoms with Crippen LogP contribution in [0.1, 0.15) is 118 Å². The van der Waals surface area contributed by atoms with E-state index < -0.39 is 23.7 Å². The fourth-order valence-electron chi connectivity index (χ4n) is 3.27. The Bertz CT molecular complexity index is 503. The van der Waals surface area contributed by atoms with Crippen LogP contribution < -0.4 is 10.6 Å². The molecule has 0 aromatic rings. The highest BCUT2D eigenvalue weighted by Crippen LogP contribution is 2.13. The quantitative estimate of drug-likeness (QED) is 0.241. The zero-order valence-electron chi connectivity index (χ0n) is 20.3. The lowest BCUT2D eigenvalue weighted by Crippen LogP contribution is -2.49. The Morgan fingerprint density at radius 3 is 1.68 bits per heavy atom. The Kier molecular flexibility index (Phi) is 16.8. The number of unbranched alkanes of at least 4 members (excludes halogenated alkanes) is 12. The molecule has 0 aliphatic carbocycles. The maximum Gasteiger partial charge on any atom is 0.407 e. The minimum atomic E-state index is -1.19. The van der Waals surface area contributed by atoms with Gasteiger partial charge in [-0.15, -0.1) is 0 Å². The molecule has 0 spiro atoms. The number of rotatable bonds is 18. The number of hydrogen-bond acceptors (Lipinski definition) is 4. The smallest absolute Gasteiger partial charge is 0.407 e. The number of carboxylic acid groups (broad SMARTS) is 1. The number of ether oxygens (including phenoxy) is 1. The molecule has 1 atom stereocenters. The van der Waals surface area contributed by atoms with Crippen molar-refractivity contribution in [2.75, 3.05) is 6.54 Å². The van der Waals surface area contributed by atoms with E-state index in [4.69, 9.17) is 4.74 Å². The fourth-order valence-corrected chi connectivity index (χ4v) is 3.27. The Balaban J connectivity index is 3.74. The third-order valence-corrected chi connectivity index (χ3v) is 4.99. The van der Waals surface area contributed by atoms with Crippen molar-refractivity contribution in [3.63, 3.8) is 0 Å². The van der Waals surface area contributed by atoms with Gasteiger partial charge in [0.15, 0.2) is 0 Å². The molecular weight excluding hydrogens is 396 g/mol. The molecule has 182 valence electrons. The molecule has 0 aliphatic rings. The van der Waals surface area contributed by atoms with Crippen LogP contribution in [0.15, 0.2) is 0 Å². The summed E-state index contributed by atoms with van der Waals surface area (Å²) < 4.78 is 5.07. The lowest BCUT2D eigenvalue weighted by molar-refractivity contribution is -0.141. The zero-order chi connectivity index (χ0) is 23.5. The predicted octanol–water partition coefficient (Wildman–Crippen LogP) is 5.56. The summed E-state index contributed by atoms with van der Waals surface area (Å²) in [7, 11) is 0. The third kappa shape index (κ3) is 19.9. The lowest BCUT2D eigenvalue weighted by Gasteiger charge is -2.21. The number of alkyl carbamates (subject to hydrolysis) is 1. The van der Waals surface area contributed by atoms with Gasteiger partial charge < -0.3 is 20.5 Å². The molecule has 31 heavy (non-hydrogen) atoms. The molecular formula is C24H46N2O5. The van der Waals surface area contributed by atoms with Crippen molar-refractivity contribution in [2.45, 2.75) is 129 Å². The van der Waals surface area contributed by atoms with Gasteiger partial charge in [0.25, 0.3) is 0 Å². The number of amides is 2. The van der Waals surface area contributed by atoms with Crippen molar-refractivity contribution in [3.05, 3.63) is 0 Å². The van der Waals surface area contributed by atoms with Crippen molar-refractivity contribution in [1.82, 2.24) is 10.6 Å². The first-order chi connectivity index (χ1) is 14.7. The van der Waals surface area contributed by atoms with E-state index in [-0.39, 0.29) is 12.5 Å². The first-order valence-corrected chi connectivity index (χ1v) is 12.1. The summed E-state index contributed by atoms with van der Waals surface area (Å²) in [6.45, 7) is 7.19. The maximum absolute atomic E-state index is 12.0. The Morgan fingerprint density at radius 1 is 0.806 bits per heavy atom. The molecule has 0 rings (SSSR count). The first kappa shape index (κ1) is 29.2. The normalized spacial score (nSPS) is 12.3. The second-order valence-corrected chi connectivity index (χ2v) is 9.33. The number of hydrogen-bond donors (Lipinski definition) is 3. The standard InChI is InChI=1S/C24H46N2O5/c1-5-6-7-8-9-10-11-12-13-14-15-16-17-18-21(27)26-20(22(28)29)19-25-23(30)31-24(2,3)4/h20H,5-19H2,1-4H3,(H,25,30)(H,26,27)(H,28,29). The molecule has 3 N–H and O–H groups in total. The van der Waals surface area contributed by atoms with Gasteiger partial charge in [-0.2, -0.15) is 0 Å². The fraction of sp³-hybridized carbons (Fsp3) is 0.875. The molecule has 0 fully saturated rings. The summed E-state index contributed by atoms with van der Waals surface area (Å²) in [6.07, 6.45) is 15.6. The Labute approximate surface area is 189 Å². The Morgan fingerprint density at radius 2 is 1.26 bits per heavy atom. The van der Waals surface area contributed by atoms with E-state index in [9.17, 15) is 19.5 Å². The van der Waals surface area contributed by atoms with Gasteiger partial charge >= 0.3 is 12.1 Å². The summed E-state index contributed by atoms with van der Waals surface area (Å²) in [6, 6.07) is -1.16. The number of carboxylic acids is 1. The summed E-state index contributed by atoms with van der Waals surface area (Å²) >= 11 is 0. The second-order valence-electron chi connectivity index (χ2n) is 9.33. The van der Waals surface area contributed by atoms with E-state index >= 15 is 0 Å². The van der Waals surface area contributed by atoms with E-state index in [1.807, 2.05) is 0 Å². The number of carbonyl (C=O) groups excluding carboxylic acids is 2. The molecule has 0 saturated heterocycles. The van der Waals surface area contributed by atoms with Gasteiger partial charge in [-0.05, 0) is 27.2 Å². The molecule has 0 aliphatic heterocycles. The van der Waals surface area contributed by atoms with Gasteiger partial charge in [-0.3, -0.25) is 4.79 Å². The predicted molar refractivity (Wildman–Crippen MR) is 124 cm³/mol. The van der Waals surface area contributed by atoms with E-state index in [2.05, 4.69) is 17.6 Å². The van der Waals surface area contributed by atoms with Crippen LogP contribution in [0.4, 0.5) is 4.79 Å². The highest BCUT2D eigenvalue weighted by Gasteiger charge is 2.22. The molecule has 0 heterocycles. The summed E-state index contributed by atoms with van der Waals surface area (Å²) in [4.78, 5) is 35.0. The molecule has 0 aromatic heterocycles. The van der Waals surface area contributed by atoms with E-state index in [1.165, 1.54) is 64.2 Å². The number of aliphatic carboxylic acids is 1. The summed E-state index contributed by atoms with van der Waals surface area (Å²) in [5, 5.41) is 14.1. The molecule has 1 unspecified atom stereocenters. The topological polar surface area (TPSA) is 105 Å². The van der Waals surface area contributed by atoms with Crippen molar-refractivity contribution in [1.29, 1.82) is 0 Å². The van der Waals surface area contributed by atoms with Gasteiger partial charge in [0, 0.05) is 6.42 Å². The Hall–Kier alpha value is -1.79. The van der Waals surface area contributed by atoms with Crippen LogP contribution in [0.25, 0.3) is 0 Å². The summed E-state index contributed by atoms with van der Waals surface area (Å²) in [5.74, 6) is -1.49. The van der Waals surface area contributed by atoms with E-state index in [0.29, 0.717) is 6.42 Å². The lowest BCUT2D eigenvalue weighted by atomic mass is 10.0.